The van der Waals surface area contributed by atoms with Gasteiger partial charge in [-0.05, 0) is 12.5 Å². The summed E-state index contributed by atoms with van der Waals surface area (Å²) in [5, 5.41) is 7.44. The Bertz CT molecular complexity index is 988. The van der Waals surface area contributed by atoms with Crippen LogP contribution in [0.2, 0.25) is 0 Å². The standard InChI is InChI=1S/C15H15N5O4S/c1-10-13(14(16)18-24-10)25(22,23)19-15(21)12-7-17-20(9-12)8-11-5-3-2-4-6-11/h2-7,9H,8H2,1H3,(H2,16,18)(H,19,21). The Balaban J connectivity index is 1.76. The lowest BCUT2D eigenvalue weighted by Crippen LogP contribution is -2.31. The summed E-state index contributed by atoms with van der Waals surface area (Å²) >= 11 is 0. The lowest BCUT2D eigenvalue weighted by molar-refractivity contribution is 0.0981. The summed E-state index contributed by atoms with van der Waals surface area (Å²) in [5.74, 6) is -1.13. The van der Waals surface area contributed by atoms with E-state index in [0.29, 0.717) is 6.54 Å². The number of aryl methyl sites for hydroxylation is 1. The van der Waals surface area contributed by atoms with E-state index in [1.54, 1.807) is 0 Å². The number of sulfonamides is 1. The molecule has 130 valence electrons. The molecule has 2 heterocycles. The molecule has 0 aliphatic carbocycles. The molecule has 0 atom stereocenters. The summed E-state index contributed by atoms with van der Waals surface area (Å²) in [4.78, 5) is 11.9. The van der Waals surface area contributed by atoms with Gasteiger partial charge in [0.1, 0.15) is 0 Å². The molecule has 0 saturated carbocycles. The van der Waals surface area contributed by atoms with Gasteiger partial charge in [-0.3, -0.25) is 9.48 Å². The van der Waals surface area contributed by atoms with E-state index in [1.165, 1.54) is 24.0 Å². The van der Waals surface area contributed by atoms with E-state index < -0.39 is 15.9 Å². The molecule has 0 fully saturated rings. The van der Waals surface area contributed by atoms with Gasteiger partial charge in [0.25, 0.3) is 15.9 Å². The number of nitrogens with zero attached hydrogens (tertiary/aromatic N) is 3. The number of rotatable bonds is 5. The molecule has 3 aromatic rings. The number of anilines is 1. The van der Waals surface area contributed by atoms with Crippen LogP contribution < -0.4 is 10.5 Å². The quantitative estimate of drug-likeness (QED) is 0.690. The number of nitrogens with two attached hydrogens (primary N) is 1. The maximum atomic E-state index is 12.3. The molecule has 25 heavy (non-hydrogen) atoms. The third kappa shape index (κ3) is 3.53. The van der Waals surface area contributed by atoms with E-state index in [1.807, 2.05) is 35.1 Å². The molecular formula is C15H15N5O4S. The van der Waals surface area contributed by atoms with E-state index >= 15 is 0 Å². The van der Waals surface area contributed by atoms with Crippen LogP contribution in [-0.4, -0.2) is 29.3 Å². The van der Waals surface area contributed by atoms with Gasteiger partial charge in [-0.25, -0.2) is 13.1 Å². The van der Waals surface area contributed by atoms with Crippen molar-refractivity contribution in [2.75, 3.05) is 5.73 Å². The normalized spacial score (nSPS) is 11.4. The van der Waals surface area contributed by atoms with E-state index in [4.69, 9.17) is 10.3 Å². The Morgan fingerprint density at radius 1 is 1.32 bits per heavy atom. The molecule has 0 unspecified atom stereocenters. The third-order valence-electron chi connectivity index (χ3n) is 3.41. The molecule has 1 amide bonds. The monoisotopic (exact) mass is 361 g/mol. The first kappa shape index (κ1) is 16.7. The van der Waals surface area contributed by atoms with E-state index in [0.717, 1.165) is 5.56 Å². The number of nitrogen functional groups attached to an aromatic ring is 1. The predicted molar refractivity (Wildman–Crippen MR) is 88.1 cm³/mol. The van der Waals surface area contributed by atoms with Crippen molar-refractivity contribution in [3.8, 4) is 0 Å². The molecule has 3 rings (SSSR count). The molecule has 0 saturated heterocycles. The molecule has 0 radical (unpaired) electrons. The van der Waals surface area contributed by atoms with Crippen LogP contribution in [0.25, 0.3) is 0 Å². The van der Waals surface area contributed by atoms with Crippen LogP contribution in [0, 0.1) is 6.92 Å². The molecule has 1 aromatic carbocycles. The summed E-state index contributed by atoms with van der Waals surface area (Å²) in [5.41, 5.74) is 6.58. The summed E-state index contributed by atoms with van der Waals surface area (Å²) in [6, 6.07) is 9.52. The van der Waals surface area contributed by atoms with Crippen LogP contribution in [0.4, 0.5) is 5.82 Å². The highest BCUT2D eigenvalue weighted by molar-refractivity contribution is 7.90. The van der Waals surface area contributed by atoms with Gasteiger partial charge in [0, 0.05) is 6.20 Å². The average molecular weight is 361 g/mol. The number of amides is 1. The van der Waals surface area contributed by atoms with Crippen LogP contribution >= 0.6 is 0 Å². The summed E-state index contributed by atoms with van der Waals surface area (Å²) in [6.07, 6.45) is 2.75. The molecule has 0 bridgehead atoms. The number of hydrogen-bond acceptors (Lipinski definition) is 7. The first-order valence-electron chi connectivity index (χ1n) is 7.22. The zero-order valence-electron chi connectivity index (χ0n) is 13.2. The zero-order valence-corrected chi connectivity index (χ0v) is 14.0. The van der Waals surface area contributed by atoms with Crippen LogP contribution in [0.5, 0.6) is 0 Å². The van der Waals surface area contributed by atoms with Crippen LogP contribution in [0.1, 0.15) is 21.7 Å². The lowest BCUT2D eigenvalue weighted by atomic mass is 10.2. The summed E-state index contributed by atoms with van der Waals surface area (Å²) in [7, 11) is -4.19. The number of carbonyl (C=O) groups is 1. The fourth-order valence-corrected chi connectivity index (χ4v) is 3.47. The van der Waals surface area contributed by atoms with Crippen molar-refractivity contribution in [2.24, 2.45) is 0 Å². The van der Waals surface area contributed by atoms with Crippen molar-refractivity contribution in [1.29, 1.82) is 0 Å². The van der Waals surface area contributed by atoms with E-state index in [-0.39, 0.29) is 22.0 Å². The highest BCUT2D eigenvalue weighted by Crippen LogP contribution is 2.21. The second-order valence-electron chi connectivity index (χ2n) is 5.30. The number of nitrogens with one attached hydrogen (secondary N) is 1. The minimum atomic E-state index is -4.19. The first-order chi connectivity index (χ1) is 11.9. The fourth-order valence-electron chi connectivity index (χ4n) is 2.28. The van der Waals surface area contributed by atoms with Crippen molar-refractivity contribution in [3.63, 3.8) is 0 Å². The van der Waals surface area contributed by atoms with Gasteiger partial charge < -0.3 is 10.3 Å². The maximum Gasteiger partial charge on any atom is 0.271 e. The first-order valence-corrected chi connectivity index (χ1v) is 8.70. The zero-order chi connectivity index (χ0) is 18.0. The van der Waals surface area contributed by atoms with Crippen LogP contribution in [0.3, 0.4) is 0 Å². The minimum Gasteiger partial charge on any atom is -0.380 e. The van der Waals surface area contributed by atoms with E-state index in [9.17, 15) is 13.2 Å². The predicted octanol–water partition coefficient (Wildman–Crippen LogP) is 0.929. The van der Waals surface area contributed by atoms with Crippen molar-refractivity contribution in [1.82, 2.24) is 19.7 Å². The SMILES string of the molecule is Cc1onc(N)c1S(=O)(=O)NC(=O)c1cnn(Cc2ccccc2)c1. The second-order valence-corrected chi connectivity index (χ2v) is 6.92. The molecule has 3 N–H and O–H groups in total. The van der Waals surface area contributed by atoms with Crippen LogP contribution in [-0.2, 0) is 16.6 Å². The largest absolute Gasteiger partial charge is 0.380 e. The minimum absolute atomic E-state index is 0.00225. The lowest BCUT2D eigenvalue weighted by Gasteiger charge is -2.04. The Hall–Kier alpha value is -3.14. The average Bonchev–Trinajstić information content (AvgIpc) is 3.15. The van der Waals surface area contributed by atoms with E-state index in [2.05, 4.69) is 10.3 Å². The topological polar surface area (TPSA) is 133 Å². The smallest absolute Gasteiger partial charge is 0.271 e. The molecule has 0 aliphatic heterocycles. The summed E-state index contributed by atoms with van der Waals surface area (Å²) in [6.45, 7) is 1.85. The van der Waals surface area contributed by atoms with Crippen molar-refractivity contribution in [3.05, 3.63) is 59.6 Å². The molecule has 2 aromatic heterocycles. The molecule has 0 aliphatic rings. The molecule has 0 spiro atoms. The van der Waals surface area contributed by atoms with Gasteiger partial charge in [-0.2, -0.15) is 5.10 Å². The Labute approximate surface area is 143 Å². The number of carbonyl (C=O) groups excluding carboxylic acids is 1. The second kappa shape index (κ2) is 6.40. The van der Waals surface area contributed by atoms with Gasteiger partial charge >= 0.3 is 0 Å². The van der Waals surface area contributed by atoms with Crippen molar-refractivity contribution < 1.29 is 17.7 Å². The Kier molecular flexibility index (Phi) is 4.28. The fraction of sp³-hybridized carbons (Fsp3) is 0.133. The van der Waals surface area contributed by atoms with Gasteiger partial charge in [0.15, 0.2) is 16.5 Å². The highest BCUT2D eigenvalue weighted by atomic mass is 32.2. The Morgan fingerprint density at radius 2 is 2.04 bits per heavy atom. The number of aromatic nitrogens is 3. The van der Waals surface area contributed by atoms with Gasteiger partial charge in [-0.15, -0.1) is 0 Å². The number of benzene rings is 1. The van der Waals surface area contributed by atoms with Gasteiger partial charge in [0.05, 0.1) is 18.3 Å². The Morgan fingerprint density at radius 3 is 2.68 bits per heavy atom. The van der Waals surface area contributed by atoms with Gasteiger partial charge in [-0.1, -0.05) is 35.5 Å². The van der Waals surface area contributed by atoms with Crippen molar-refractivity contribution >= 4 is 21.7 Å². The maximum absolute atomic E-state index is 12.3. The molecular weight excluding hydrogens is 346 g/mol. The summed E-state index contributed by atoms with van der Waals surface area (Å²) < 4.78 is 32.7. The van der Waals surface area contributed by atoms with Crippen molar-refractivity contribution in [2.45, 2.75) is 18.4 Å². The highest BCUT2D eigenvalue weighted by Gasteiger charge is 2.27. The van der Waals surface area contributed by atoms with Crippen LogP contribution in [0.15, 0.2) is 52.1 Å². The van der Waals surface area contributed by atoms with Gasteiger partial charge in [0.2, 0.25) is 0 Å². The third-order valence-corrected chi connectivity index (χ3v) is 4.90. The number of hydrogen-bond donors (Lipinski definition) is 2. The molecule has 9 nitrogen and oxygen atoms in total. The molecule has 10 heteroatoms.